The number of alkyl halides is 1. The van der Waals surface area contributed by atoms with Crippen molar-refractivity contribution < 1.29 is 4.42 Å². The maximum absolute atomic E-state index is 5.67. The molecule has 0 aliphatic carbocycles. The Balaban J connectivity index is 2.66. The van der Waals surface area contributed by atoms with Crippen LogP contribution < -0.4 is 0 Å². The number of hydrogen-bond donors (Lipinski definition) is 0. The molecule has 74 valence electrons. The normalized spacial score (nSPS) is 11.4. The van der Waals surface area contributed by atoms with Crippen LogP contribution in [-0.2, 0) is 5.88 Å². The molecule has 0 saturated heterocycles. The molecule has 0 spiro atoms. The zero-order valence-electron chi connectivity index (χ0n) is 8.25. The first-order valence-electron chi connectivity index (χ1n) is 4.66. The Kier molecular flexibility index (Phi) is 2.46. The van der Waals surface area contributed by atoms with Gasteiger partial charge in [0.15, 0.2) is 5.58 Å². The van der Waals surface area contributed by atoms with Crippen LogP contribution >= 0.6 is 11.6 Å². The van der Waals surface area contributed by atoms with Crippen LogP contribution in [0.2, 0.25) is 0 Å². The Hall–Kier alpha value is -1.02. The number of hydrogen-bond acceptors (Lipinski definition) is 2. The predicted octanol–water partition coefficient (Wildman–Crippen LogP) is 3.69. The highest BCUT2D eigenvalue weighted by Gasteiger charge is 2.10. The summed E-state index contributed by atoms with van der Waals surface area (Å²) in [5.74, 6) is 1.36. The van der Waals surface area contributed by atoms with Crippen molar-refractivity contribution in [1.29, 1.82) is 0 Å². The van der Waals surface area contributed by atoms with Gasteiger partial charge in [0.2, 0.25) is 5.89 Å². The van der Waals surface area contributed by atoms with Gasteiger partial charge in [-0.15, -0.1) is 11.6 Å². The number of halogens is 1. The van der Waals surface area contributed by atoms with Gasteiger partial charge < -0.3 is 4.42 Å². The van der Waals surface area contributed by atoms with E-state index in [-0.39, 0.29) is 0 Å². The Bertz CT molecular complexity index is 447. The van der Waals surface area contributed by atoms with Gasteiger partial charge in [0.25, 0.3) is 0 Å². The molecule has 0 aliphatic heterocycles. The van der Waals surface area contributed by atoms with Crippen molar-refractivity contribution in [2.24, 2.45) is 0 Å². The van der Waals surface area contributed by atoms with Crippen molar-refractivity contribution in [3.8, 4) is 0 Å². The minimum absolute atomic E-state index is 0.326. The molecule has 2 rings (SSSR count). The molecule has 1 aromatic heterocycles. The smallest absolute Gasteiger partial charge is 0.210 e. The summed E-state index contributed by atoms with van der Waals surface area (Å²) in [6.07, 6.45) is 0. The lowest BCUT2D eigenvalue weighted by molar-refractivity contribution is 0.549. The van der Waals surface area contributed by atoms with Crippen molar-refractivity contribution in [2.75, 3.05) is 0 Å². The molecule has 0 saturated carbocycles. The molecular formula is C11H12ClNO. The van der Waals surface area contributed by atoms with E-state index in [0.717, 1.165) is 11.1 Å². The third kappa shape index (κ3) is 1.50. The zero-order chi connectivity index (χ0) is 10.1. The highest BCUT2D eigenvalue weighted by atomic mass is 35.5. The molecule has 14 heavy (non-hydrogen) atoms. The van der Waals surface area contributed by atoms with Crippen molar-refractivity contribution in [3.05, 3.63) is 29.7 Å². The first-order chi connectivity index (χ1) is 6.72. The van der Waals surface area contributed by atoms with E-state index in [0.29, 0.717) is 17.7 Å². The van der Waals surface area contributed by atoms with E-state index in [4.69, 9.17) is 16.0 Å². The van der Waals surface area contributed by atoms with Crippen molar-refractivity contribution in [1.82, 2.24) is 4.98 Å². The maximum Gasteiger partial charge on any atom is 0.210 e. The Morgan fingerprint density at radius 3 is 2.86 bits per heavy atom. The number of fused-ring (bicyclic) bond motifs is 1. The summed E-state index contributed by atoms with van der Waals surface area (Å²) in [7, 11) is 0. The largest absolute Gasteiger partial charge is 0.439 e. The molecule has 2 nitrogen and oxygen atoms in total. The number of oxazole rings is 1. The van der Waals surface area contributed by atoms with E-state index in [1.165, 1.54) is 5.56 Å². The molecule has 0 bridgehead atoms. The van der Waals surface area contributed by atoms with Gasteiger partial charge in [-0.25, -0.2) is 4.98 Å². The van der Waals surface area contributed by atoms with Crippen LogP contribution in [0.25, 0.3) is 11.1 Å². The van der Waals surface area contributed by atoms with Crippen LogP contribution in [0, 0.1) is 0 Å². The number of nitrogens with zero attached hydrogens (tertiary/aromatic N) is 1. The molecule has 0 unspecified atom stereocenters. The Morgan fingerprint density at radius 1 is 1.43 bits per heavy atom. The van der Waals surface area contributed by atoms with Crippen molar-refractivity contribution >= 4 is 22.7 Å². The Labute approximate surface area is 87.9 Å². The second kappa shape index (κ2) is 3.62. The first kappa shape index (κ1) is 9.53. The van der Waals surface area contributed by atoms with E-state index in [9.17, 15) is 0 Å². The fourth-order valence-electron chi connectivity index (χ4n) is 1.53. The van der Waals surface area contributed by atoms with Gasteiger partial charge in [-0.2, -0.15) is 0 Å². The number of rotatable bonds is 2. The molecular weight excluding hydrogens is 198 g/mol. The monoisotopic (exact) mass is 209 g/mol. The summed E-state index contributed by atoms with van der Waals surface area (Å²) >= 11 is 5.67. The van der Waals surface area contributed by atoms with E-state index >= 15 is 0 Å². The second-order valence-electron chi connectivity index (χ2n) is 3.59. The van der Waals surface area contributed by atoms with Crippen LogP contribution in [-0.4, -0.2) is 4.98 Å². The number of para-hydroxylation sites is 1. The summed E-state index contributed by atoms with van der Waals surface area (Å²) in [4.78, 5) is 4.28. The molecule has 0 atom stereocenters. The van der Waals surface area contributed by atoms with Crippen molar-refractivity contribution in [2.45, 2.75) is 25.6 Å². The summed E-state index contributed by atoms with van der Waals surface area (Å²) in [5.41, 5.74) is 2.95. The quantitative estimate of drug-likeness (QED) is 0.705. The predicted molar refractivity (Wildman–Crippen MR) is 57.7 cm³/mol. The molecule has 0 fully saturated rings. The van der Waals surface area contributed by atoms with Gasteiger partial charge in [0.05, 0.1) is 5.88 Å². The third-order valence-corrected chi connectivity index (χ3v) is 2.45. The van der Waals surface area contributed by atoms with Gasteiger partial charge in [-0.05, 0) is 17.5 Å². The van der Waals surface area contributed by atoms with Gasteiger partial charge in [-0.1, -0.05) is 26.0 Å². The van der Waals surface area contributed by atoms with Gasteiger partial charge in [-0.3, -0.25) is 0 Å². The highest BCUT2D eigenvalue weighted by Crippen LogP contribution is 2.26. The minimum Gasteiger partial charge on any atom is -0.439 e. The topological polar surface area (TPSA) is 26.0 Å². The van der Waals surface area contributed by atoms with Crippen LogP contribution in [0.15, 0.2) is 22.6 Å². The summed E-state index contributed by atoms with van der Waals surface area (Å²) in [6, 6.07) is 6.01. The van der Waals surface area contributed by atoms with Crippen LogP contribution in [0.5, 0.6) is 0 Å². The number of benzene rings is 1. The molecule has 0 amide bonds. The van der Waals surface area contributed by atoms with Crippen LogP contribution in [0.3, 0.4) is 0 Å². The van der Waals surface area contributed by atoms with E-state index in [1.807, 2.05) is 12.1 Å². The SMILES string of the molecule is CC(C)c1cccc2nc(CCl)oc12. The van der Waals surface area contributed by atoms with Crippen LogP contribution in [0.4, 0.5) is 0 Å². The molecule has 3 heteroatoms. The maximum atomic E-state index is 5.67. The summed E-state index contributed by atoms with van der Waals surface area (Å²) in [5, 5.41) is 0. The van der Waals surface area contributed by atoms with Crippen LogP contribution in [0.1, 0.15) is 31.2 Å². The minimum atomic E-state index is 0.326. The Morgan fingerprint density at radius 2 is 2.21 bits per heavy atom. The lowest BCUT2D eigenvalue weighted by atomic mass is 10.0. The molecule has 1 heterocycles. The standard InChI is InChI=1S/C11H12ClNO/c1-7(2)8-4-3-5-9-11(8)14-10(6-12)13-9/h3-5,7H,6H2,1-2H3. The van der Waals surface area contributed by atoms with E-state index in [2.05, 4.69) is 24.9 Å². The first-order valence-corrected chi connectivity index (χ1v) is 5.20. The lowest BCUT2D eigenvalue weighted by Gasteiger charge is -2.03. The average Bonchev–Trinajstić information content (AvgIpc) is 2.59. The summed E-state index contributed by atoms with van der Waals surface area (Å²) < 4.78 is 5.57. The lowest BCUT2D eigenvalue weighted by Crippen LogP contribution is -1.86. The molecule has 1 aromatic carbocycles. The van der Waals surface area contributed by atoms with Gasteiger partial charge >= 0.3 is 0 Å². The average molecular weight is 210 g/mol. The second-order valence-corrected chi connectivity index (χ2v) is 3.86. The molecule has 0 N–H and O–H groups in total. The molecule has 0 aliphatic rings. The van der Waals surface area contributed by atoms with E-state index in [1.54, 1.807) is 0 Å². The third-order valence-electron chi connectivity index (χ3n) is 2.23. The fourth-order valence-corrected chi connectivity index (χ4v) is 1.64. The van der Waals surface area contributed by atoms with E-state index < -0.39 is 0 Å². The fraction of sp³-hybridized carbons (Fsp3) is 0.364. The van der Waals surface area contributed by atoms with Gasteiger partial charge in [0.1, 0.15) is 5.52 Å². The van der Waals surface area contributed by atoms with Crippen molar-refractivity contribution in [3.63, 3.8) is 0 Å². The highest BCUT2D eigenvalue weighted by molar-refractivity contribution is 6.16. The zero-order valence-corrected chi connectivity index (χ0v) is 9.01. The molecule has 2 aromatic rings. The van der Waals surface area contributed by atoms with Gasteiger partial charge in [0, 0.05) is 0 Å². The summed E-state index contributed by atoms with van der Waals surface area (Å²) in [6.45, 7) is 4.27. The number of aromatic nitrogens is 1. The molecule has 0 radical (unpaired) electrons.